The van der Waals surface area contributed by atoms with Crippen LogP contribution in [0.3, 0.4) is 0 Å². The smallest absolute Gasteiger partial charge is 0.223 e. The van der Waals surface area contributed by atoms with Gasteiger partial charge >= 0.3 is 0 Å². The van der Waals surface area contributed by atoms with E-state index in [0.717, 1.165) is 21.6 Å². The molecule has 7 heteroatoms. The van der Waals surface area contributed by atoms with Gasteiger partial charge in [-0.3, -0.25) is 4.68 Å². The lowest BCUT2D eigenvalue weighted by atomic mass is 10.3. The van der Waals surface area contributed by atoms with Gasteiger partial charge in [-0.2, -0.15) is 10.1 Å². The van der Waals surface area contributed by atoms with Crippen molar-refractivity contribution >= 4 is 33.3 Å². The Bertz CT molecular complexity index is 729. The largest absolute Gasteiger partial charge is 0.368 e. The first-order valence-corrected chi connectivity index (χ1v) is 6.68. The third-order valence-electron chi connectivity index (χ3n) is 2.75. The summed E-state index contributed by atoms with van der Waals surface area (Å²) in [5.41, 5.74) is 6.83. The van der Waals surface area contributed by atoms with Crippen molar-refractivity contribution in [2.45, 2.75) is 13.5 Å². The van der Waals surface area contributed by atoms with Gasteiger partial charge in [0.15, 0.2) is 0 Å². The topological polar surface area (TPSA) is 81.7 Å². The Kier molecular flexibility index (Phi) is 2.83. The predicted octanol–water partition coefficient (Wildman–Crippen LogP) is 1.93. The van der Waals surface area contributed by atoms with Gasteiger partial charge in [0.1, 0.15) is 10.6 Å². The zero-order valence-corrected chi connectivity index (χ0v) is 11.5. The van der Waals surface area contributed by atoms with Gasteiger partial charge in [0.25, 0.3) is 0 Å². The van der Waals surface area contributed by atoms with Crippen molar-refractivity contribution in [3.8, 4) is 0 Å². The summed E-state index contributed by atoms with van der Waals surface area (Å²) in [7, 11) is 1.90. The molecule has 3 aromatic rings. The van der Waals surface area contributed by atoms with Crippen LogP contribution in [0.2, 0.25) is 0 Å². The number of aryl methyl sites for hydroxylation is 2. The molecular weight excluding hydrogens is 260 g/mol. The van der Waals surface area contributed by atoms with Crippen LogP contribution in [0.1, 0.15) is 10.4 Å². The average molecular weight is 274 g/mol. The molecule has 0 aromatic carbocycles. The van der Waals surface area contributed by atoms with Crippen LogP contribution in [-0.4, -0.2) is 19.7 Å². The maximum atomic E-state index is 5.74. The van der Waals surface area contributed by atoms with Crippen LogP contribution in [0.25, 0.3) is 10.2 Å². The molecule has 0 aliphatic rings. The number of rotatable bonds is 3. The number of anilines is 2. The van der Waals surface area contributed by atoms with Crippen LogP contribution in [0.15, 0.2) is 18.5 Å². The van der Waals surface area contributed by atoms with Crippen molar-refractivity contribution in [1.82, 2.24) is 19.7 Å². The Morgan fingerprint density at radius 2 is 2.26 bits per heavy atom. The fraction of sp³-hybridized carbons (Fsp3) is 0.250. The summed E-state index contributed by atoms with van der Waals surface area (Å²) in [4.78, 5) is 10.6. The summed E-state index contributed by atoms with van der Waals surface area (Å²) < 4.78 is 1.77. The maximum absolute atomic E-state index is 5.74. The third kappa shape index (κ3) is 2.37. The number of nitrogens with zero attached hydrogens (tertiary/aromatic N) is 4. The average Bonchev–Trinajstić information content (AvgIpc) is 2.91. The standard InChI is InChI=1S/C12H14N6S/c1-7-3-9-10(16-12(13)17-11(9)19-7)14-4-8-5-15-18(2)6-8/h3,5-6H,4H2,1-2H3,(H3,13,14,16,17). The molecule has 3 N–H and O–H groups in total. The van der Waals surface area contributed by atoms with E-state index in [4.69, 9.17) is 5.73 Å². The van der Waals surface area contributed by atoms with Gasteiger partial charge in [0.2, 0.25) is 5.95 Å². The Balaban J connectivity index is 1.91. The number of hydrogen-bond donors (Lipinski definition) is 2. The number of nitrogens with one attached hydrogen (secondary N) is 1. The van der Waals surface area contributed by atoms with Crippen LogP contribution in [0.5, 0.6) is 0 Å². The van der Waals surface area contributed by atoms with Gasteiger partial charge in [-0.25, -0.2) is 4.98 Å². The summed E-state index contributed by atoms with van der Waals surface area (Å²) >= 11 is 1.62. The summed E-state index contributed by atoms with van der Waals surface area (Å²) in [6, 6.07) is 2.07. The van der Waals surface area contributed by atoms with Crippen molar-refractivity contribution in [3.05, 3.63) is 28.9 Å². The van der Waals surface area contributed by atoms with Crippen LogP contribution < -0.4 is 11.1 Å². The molecule has 0 saturated carbocycles. The van der Waals surface area contributed by atoms with Gasteiger partial charge in [-0.1, -0.05) is 0 Å². The number of aromatic nitrogens is 4. The number of fused-ring (bicyclic) bond motifs is 1. The quantitative estimate of drug-likeness (QED) is 0.762. The molecule has 0 bridgehead atoms. The summed E-state index contributed by atoms with van der Waals surface area (Å²) in [6.45, 7) is 2.71. The van der Waals surface area contributed by atoms with Gasteiger partial charge < -0.3 is 11.1 Å². The van der Waals surface area contributed by atoms with E-state index < -0.39 is 0 Å². The van der Waals surface area contributed by atoms with E-state index in [2.05, 4.69) is 26.4 Å². The molecule has 0 unspecified atom stereocenters. The molecule has 0 amide bonds. The second-order valence-corrected chi connectivity index (χ2v) is 5.62. The highest BCUT2D eigenvalue weighted by atomic mass is 32.1. The SMILES string of the molecule is Cc1cc2c(NCc3cnn(C)c3)nc(N)nc2s1. The zero-order valence-electron chi connectivity index (χ0n) is 10.7. The van der Waals surface area contributed by atoms with Crippen molar-refractivity contribution in [1.29, 1.82) is 0 Å². The molecule has 0 fully saturated rings. The van der Waals surface area contributed by atoms with Crippen LogP contribution in [-0.2, 0) is 13.6 Å². The summed E-state index contributed by atoms with van der Waals surface area (Å²) in [5, 5.41) is 8.44. The molecule has 0 spiro atoms. The number of nitrogens with two attached hydrogens (primary N) is 1. The second-order valence-electron chi connectivity index (χ2n) is 4.38. The molecule has 3 heterocycles. The molecule has 98 valence electrons. The van der Waals surface area contributed by atoms with Crippen LogP contribution in [0.4, 0.5) is 11.8 Å². The van der Waals surface area contributed by atoms with E-state index in [-0.39, 0.29) is 0 Å². The molecule has 0 atom stereocenters. The molecule has 0 saturated heterocycles. The third-order valence-corrected chi connectivity index (χ3v) is 3.70. The van der Waals surface area contributed by atoms with Gasteiger partial charge in [-0.05, 0) is 13.0 Å². The highest BCUT2D eigenvalue weighted by molar-refractivity contribution is 7.18. The molecule has 6 nitrogen and oxygen atoms in total. The Morgan fingerprint density at radius 3 is 3.00 bits per heavy atom. The minimum absolute atomic E-state index is 0.294. The van der Waals surface area contributed by atoms with Crippen molar-refractivity contribution in [2.75, 3.05) is 11.1 Å². The zero-order chi connectivity index (χ0) is 13.4. The number of thiophene rings is 1. The van der Waals surface area contributed by atoms with Crippen LogP contribution >= 0.6 is 11.3 Å². The molecule has 19 heavy (non-hydrogen) atoms. The first kappa shape index (κ1) is 11.9. The maximum Gasteiger partial charge on any atom is 0.223 e. The lowest BCUT2D eigenvalue weighted by Crippen LogP contribution is -2.04. The van der Waals surface area contributed by atoms with E-state index in [0.29, 0.717) is 12.5 Å². The molecule has 0 aliphatic heterocycles. The number of hydrogen-bond acceptors (Lipinski definition) is 6. The minimum Gasteiger partial charge on any atom is -0.368 e. The first-order chi connectivity index (χ1) is 9.11. The van der Waals surface area contributed by atoms with E-state index >= 15 is 0 Å². The highest BCUT2D eigenvalue weighted by Gasteiger charge is 2.09. The monoisotopic (exact) mass is 274 g/mol. The van der Waals surface area contributed by atoms with Crippen molar-refractivity contribution < 1.29 is 0 Å². The lowest BCUT2D eigenvalue weighted by molar-refractivity contribution is 0.767. The molecule has 3 aromatic heterocycles. The first-order valence-electron chi connectivity index (χ1n) is 5.87. The lowest BCUT2D eigenvalue weighted by Gasteiger charge is -2.05. The highest BCUT2D eigenvalue weighted by Crippen LogP contribution is 2.29. The molecule has 0 aliphatic carbocycles. The van der Waals surface area contributed by atoms with E-state index in [1.54, 1.807) is 16.0 Å². The van der Waals surface area contributed by atoms with Crippen LogP contribution in [0, 0.1) is 6.92 Å². The van der Waals surface area contributed by atoms with E-state index in [9.17, 15) is 0 Å². The van der Waals surface area contributed by atoms with E-state index in [1.807, 2.05) is 26.4 Å². The minimum atomic E-state index is 0.294. The van der Waals surface area contributed by atoms with Crippen molar-refractivity contribution in [2.24, 2.45) is 7.05 Å². The van der Waals surface area contributed by atoms with Gasteiger partial charge in [0, 0.05) is 30.2 Å². The predicted molar refractivity (Wildman–Crippen MR) is 77.1 cm³/mol. The molecule has 0 radical (unpaired) electrons. The number of nitrogen functional groups attached to an aromatic ring is 1. The molecular formula is C12H14N6S. The fourth-order valence-corrected chi connectivity index (χ4v) is 2.83. The summed E-state index contributed by atoms with van der Waals surface area (Å²) in [6.07, 6.45) is 3.79. The fourth-order valence-electron chi connectivity index (χ4n) is 1.94. The van der Waals surface area contributed by atoms with Gasteiger partial charge in [0.05, 0.1) is 11.6 Å². The Labute approximate surface area is 114 Å². The normalized spacial score (nSPS) is 11.1. The molecule has 3 rings (SSSR count). The van der Waals surface area contributed by atoms with Crippen molar-refractivity contribution in [3.63, 3.8) is 0 Å². The Hall–Kier alpha value is -2.15. The summed E-state index contributed by atoms with van der Waals surface area (Å²) in [5.74, 6) is 1.07. The van der Waals surface area contributed by atoms with Gasteiger partial charge in [-0.15, -0.1) is 11.3 Å². The second kappa shape index (κ2) is 4.51. The van der Waals surface area contributed by atoms with E-state index in [1.165, 1.54) is 4.88 Å². The Morgan fingerprint density at radius 1 is 1.42 bits per heavy atom.